The second kappa shape index (κ2) is 16.0. The molecular weight excluding hydrogens is 322 g/mol. The predicted octanol–water partition coefficient (Wildman–Crippen LogP) is 7.30. The number of hydrogen-bond acceptors (Lipinski definition) is 3. The van der Waals surface area contributed by atoms with Crippen molar-refractivity contribution >= 4 is 5.69 Å². The first kappa shape index (κ1) is 22.8. The smallest absolute Gasteiger partial charge is 0.144 e. The molecule has 0 radical (unpaired) electrons. The van der Waals surface area contributed by atoms with E-state index in [-0.39, 0.29) is 0 Å². The van der Waals surface area contributed by atoms with Gasteiger partial charge >= 0.3 is 0 Å². The molecule has 1 aromatic carbocycles. The molecule has 0 saturated carbocycles. The van der Waals surface area contributed by atoms with Crippen molar-refractivity contribution in [2.24, 2.45) is 0 Å². The largest absolute Gasteiger partial charge is 0.491 e. The highest BCUT2D eigenvalue weighted by molar-refractivity contribution is 5.56. The fraction of sp³-hybridized carbons (Fsp3) is 0.739. The van der Waals surface area contributed by atoms with Gasteiger partial charge in [-0.25, -0.2) is 0 Å². The van der Waals surface area contributed by atoms with E-state index in [1.54, 1.807) is 7.11 Å². The average Bonchev–Trinajstić information content (AvgIpc) is 2.65. The molecule has 26 heavy (non-hydrogen) atoms. The number of rotatable bonds is 17. The van der Waals surface area contributed by atoms with E-state index < -0.39 is 0 Å². The molecule has 0 unspecified atom stereocenters. The van der Waals surface area contributed by atoms with Crippen LogP contribution in [0.4, 0.5) is 5.69 Å². The molecule has 0 saturated heterocycles. The van der Waals surface area contributed by atoms with E-state index >= 15 is 0 Å². The molecule has 150 valence electrons. The standard InChI is InChI=1S/C23H41NO2/c1-4-6-8-10-12-14-16-21-17-18-23(22(20-21)24-25-3)26-19-15-13-11-9-7-5-2/h17-18,20,24H,4-16,19H2,1-3H3. The topological polar surface area (TPSA) is 30.5 Å². The number of unbranched alkanes of at least 4 members (excludes halogenated alkanes) is 10. The van der Waals surface area contributed by atoms with Crippen LogP contribution in [0.25, 0.3) is 0 Å². The number of hydrogen-bond donors (Lipinski definition) is 1. The molecule has 0 heterocycles. The van der Waals surface area contributed by atoms with E-state index in [2.05, 4.69) is 37.5 Å². The molecule has 0 spiro atoms. The third-order valence-corrected chi connectivity index (χ3v) is 4.83. The first-order valence-electron chi connectivity index (χ1n) is 10.9. The summed E-state index contributed by atoms with van der Waals surface area (Å²) in [6.07, 6.45) is 16.8. The summed E-state index contributed by atoms with van der Waals surface area (Å²) < 4.78 is 5.98. The highest BCUT2D eigenvalue weighted by Gasteiger charge is 2.06. The second-order valence-corrected chi connectivity index (χ2v) is 7.27. The molecule has 0 aliphatic heterocycles. The van der Waals surface area contributed by atoms with Gasteiger partial charge < -0.3 is 4.74 Å². The normalized spacial score (nSPS) is 10.9. The van der Waals surface area contributed by atoms with E-state index in [1.807, 2.05) is 0 Å². The average molecular weight is 364 g/mol. The van der Waals surface area contributed by atoms with Crippen LogP contribution in [0.5, 0.6) is 5.75 Å². The molecule has 0 aliphatic rings. The number of aryl methyl sites for hydroxylation is 1. The van der Waals surface area contributed by atoms with Crippen LogP contribution in [0.3, 0.4) is 0 Å². The van der Waals surface area contributed by atoms with Crippen LogP contribution >= 0.6 is 0 Å². The second-order valence-electron chi connectivity index (χ2n) is 7.27. The molecule has 0 fully saturated rings. The minimum absolute atomic E-state index is 0.779. The number of nitrogens with one attached hydrogen (secondary N) is 1. The highest BCUT2D eigenvalue weighted by atomic mass is 16.6. The highest BCUT2D eigenvalue weighted by Crippen LogP contribution is 2.27. The maximum absolute atomic E-state index is 5.98. The molecule has 0 atom stereocenters. The van der Waals surface area contributed by atoms with Crippen LogP contribution in [0.15, 0.2) is 18.2 Å². The first-order valence-corrected chi connectivity index (χ1v) is 10.9. The Hall–Kier alpha value is -1.22. The van der Waals surface area contributed by atoms with E-state index in [1.165, 1.54) is 76.2 Å². The van der Waals surface area contributed by atoms with E-state index in [4.69, 9.17) is 9.57 Å². The van der Waals surface area contributed by atoms with Crippen molar-refractivity contribution in [3.05, 3.63) is 23.8 Å². The Kier molecular flexibility index (Phi) is 14.0. The minimum atomic E-state index is 0.779. The molecule has 0 aliphatic carbocycles. The lowest BCUT2D eigenvalue weighted by Gasteiger charge is -2.14. The van der Waals surface area contributed by atoms with Gasteiger partial charge in [-0.1, -0.05) is 84.1 Å². The van der Waals surface area contributed by atoms with Gasteiger partial charge in [0.2, 0.25) is 0 Å². The Morgan fingerprint density at radius 3 is 2.04 bits per heavy atom. The maximum Gasteiger partial charge on any atom is 0.144 e. The molecule has 1 N–H and O–H groups in total. The molecule has 3 heteroatoms. The van der Waals surface area contributed by atoms with Crippen LogP contribution in [-0.4, -0.2) is 13.7 Å². The maximum atomic E-state index is 5.98. The molecule has 0 aromatic heterocycles. The minimum Gasteiger partial charge on any atom is -0.491 e. The summed E-state index contributed by atoms with van der Waals surface area (Å²) >= 11 is 0. The van der Waals surface area contributed by atoms with Gasteiger partial charge in [0, 0.05) is 0 Å². The Labute approximate surface area is 161 Å². The van der Waals surface area contributed by atoms with Crippen molar-refractivity contribution in [1.29, 1.82) is 0 Å². The van der Waals surface area contributed by atoms with Gasteiger partial charge in [0.25, 0.3) is 0 Å². The lowest BCUT2D eigenvalue weighted by molar-refractivity contribution is 0.262. The summed E-state index contributed by atoms with van der Waals surface area (Å²) in [5.41, 5.74) is 5.28. The lowest BCUT2D eigenvalue weighted by atomic mass is 10.0. The Bertz CT molecular complexity index is 448. The third-order valence-electron chi connectivity index (χ3n) is 4.83. The van der Waals surface area contributed by atoms with Gasteiger partial charge in [-0.15, -0.1) is 0 Å². The van der Waals surface area contributed by atoms with Crippen molar-refractivity contribution in [3.63, 3.8) is 0 Å². The van der Waals surface area contributed by atoms with Crippen molar-refractivity contribution < 1.29 is 9.57 Å². The zero-order chi connectivity index (χ0) is 18.9. The van der Waals surface area contributed by atoms with Gasteiger partial charge in [0.1, 0.15) is 11.4 Å². The van der Waals surface area contributed by atoms with Crippen LogP contribution in [0, 0.1) is 0 Å². The van der Waals surface area contributed by atoms with Crippen LogP contribution in [0.2, 0.25) is 0 Å². The molecule has 0 bridgehead atoms. The summed E-state index contributed by atoms with van der Waals surface area (Å²) in [5, 5.41) is 0. The fourth-order valence-corrected chi connectivity index (χ4v) is 3.22. The van der Waals surface area contributed by atoms with Crippen LogP contribution in [0.1, 0.15) is 96.5 Å². The van der Waals surface area contributed by atoms with Crippen molar-refractivity contribution in [2.45, 2.75) is 97.3 Å². The zero-order valence-corrected chi connectivity index (χ0v) is 17.4. The van der Waals surface area contributed by atoms with Crippen molar-refractivity contribution in [1.82, 2.24) is 0 Å². The van der Waals surface area contributed by atoms with Gasteiger partial charge in [0.05, 0.1) is 13.7 Å². The SMILES string of the molecule is CCCCCCCCOc1ccc(CCCCCCCC)cc1NOC. The molecule has 1 aromatic rings. The lowest BCUT2D eigenvalue weighted by Crippen LogP contribution is -2.03. The molecular formula is C23H41NO2. The molecule has 3 nitrogen and oxygen atoms in total. The zero-order valence-electron chi connectivity index (χ0n) is 17.4. The molecule has 0 amide bonds. The fourth-order valence-electron chi connectivity index (χ4n) is 3.22. The first-order chi connectivity index (χ1) is 12.8. The van der Waals surface area contributed by atoms with Gasteiger partial charge in [0.15, 0.2) is 0 Å². The summed E-state index contributed by atoms with van der Waals surface area (Å²) in [6, 6.07) is 6.46. The van der Waals surface area contributed by atoms with Crippen LogP contribution in [-0.2, 0) is 11.3 Å². The van der Waals surface area contributed by atoms with Gasteiger partial charge in [-0.2, -0.15) is 0 Å². The Morgan fingerprint density at radius 2 is 1.38 bits per heavy atom. The van der Waals surface area contributed by atoms with Crippen molar-refractivity contribution in [3.8, 4) is 5.75 Å². The Morgan fingerprint density at radius 1 is 0.769 bits per heavy atom. The quantitative estimate of drug-likeness (QED) is 0.232. The predicted molar refractivity (Wildman–Crippen MR) is 113 cm³/mol. The number of benzene rings is 1. The van der Waals surface area contributed by atoms with E-state index in [9.17, 15) is 0 Å². The van der Waals surface area contributed by atoms with E-state index in [0.717, 1.165) is 30.9 Å². The Balaban J connectivity index is 2.34. The number of ether oxygens (including phenoxy) is 1. The monoisotopic (exact) mass is 363 g/mol. The van der Waals surface area contributed by atoms with Gasteiger partial charge in [-0.05, 0) is 37.0 Å². The summed E-state index contributed by atoms with van der Waals surface area (Å²) in [4.78, 5) is 5.14. The van der Waals surface area contributed by atoms with Gasteiger partial charge in [-0.3, -0.25) is 10.3 Å². The third kappa shape index (κ3) is 10.7. The number of anilines is 1. The molecule has 1 rings (SSSR count). The van der Waals surface area contributed by atoms with E-state index in [0.29, 0.717) is 0 Å². The van der Waals surface area contributed by atoms with Crippen molar-refractivity contribution in [2.75, 3.05) is 19.2 Å². The summed E-state index contributed by atoms with van der Waals surface area (Å²) in [5.74, 6) is 0.895. The van der Waals surface area contributed by atoms with Crippen LogP contribution < -0.4 is 10.2 Å². The summed E-state index contributed by atoms with van der Waals surface area (Å²) in [6.45, 7) is 5.30. The summed E-state index contributed by atoms with van der Waals surface area (Å²) in [7, 11) is 1.65.